The van der Waals surface area contributed by atoms with Crippen LogP contribution in [0.3, 0.4) is 0 Å². The van der Waals surface area contributed by atoms with Gasteiger partial charge in [-0.1, -0.05) is 0 Å². The van der Waals surface area contributed by atoms with Crippen LogP contribution in [0, 0.1) is 0 Å². The van der Waals surface area contributed by atoms with Crippen LogP contribution in [0.15, 0.2) is 67.1 Å². The number of carbonyl (C=O) groups is 1. The summed E-state index contributed by atoms with van der Waals surface area (Å²) in [6.45, 7) is 5.49. The Morgan fingerprint density at radius 2 is 1.74 bits per heavy atom. The van der Waals surface area contributed by atoms with Crippen LogP contribution in [0.5, 0.6) is 11.6 Å². The average molecular weight is 416 g/mol. The van der Waals surface area contributed by atoms with Gasteiger partial charge in [0.15, 0.2) is 0 Å². The molecule has 7 nitrogen and oxygen atoms in total. The standard InChI is InChI=1S/C24H24N4O3/c1-24(2,3)31-23(29)28-15-12-19-18(11-14-26-21(19)28)20-6-5-13-27-22(20)30-17-9-7-16(25-4)8-10-17/h5-15,25H,1-4H3. The number of fused-ring (bicyclic) bond motifs is 1. The van der Waals surface area contributed by atoms with Crippen LogP contribution in [0.4, 0.5) is 10.5 Å². The van der Waals surface area contributed by atoms with E-state index in [0.717, 1.165) is 22.2 Å². The third kappa shape index (κ3) is 4.35. The zero-order chi connectivity index (χ0) is 22.0. The lowest BCUT2D eigenvalue weighted by Gasteiger charge is -2.19. The highest BCUT2D eigenvalue weighted by Gasteiger charge is 2.21. The van der Waals surface area contributed by atoms with E-state index < -0.39 is 11.7 Å². The summed E-state index contributed by atoms with van der Waals surface area (Å²) in [5.74, 6) is 1.15. The molecule has 0 aliphatic heterocycles. The number of hydrogen-bond donors (Lipinski definition) is 1. The first kappa shape index (κ1) is 20.4. The number of ether oxygens (including phenoxy) is 2. The van der Waals surface area contributed by atoms with Crippen molar-refractivity contribution in [3.05, 3.63) is 67.1 Å². The zero-order valence-corrected chi connectivity index (χ0v) is 17.9. The fourth-order valence-corrected chi connectivity index (χ4v) is 3.21. The van der Waals surface area contributed by atoms with Crippen LogP contribution in [0.25, 0.3) is 22.2 Å². The second kappa shape index (κ2) is 8.10. The van der Waals surface area contributed by atoms with E-state index in [0.29, 0.717) is 17.3 Å². The van der Waals surface area contributed by atoms with Crippen LogP contribution in [-0.4, -0.2) is 33.3 Å². The summed E-state index contributed by atoms with van der Waals surface area (Å²) in [4.78, 5) is 21.4. The molecule has 0 aliphatic rings. The van der Waals surface area contributed by atoms with Gasteiger partial charge >= 0.3 is 6.09 Å². The SMILES string of the molecule is CNc1ccc(Oc2ncccc2-c2ccnc3c2ccn3C(=O)OC(C)(C)C)cc1. The van der Waals surface area contributed by atoms with Crippen molar-refractivity contribution in [2.24, 2.45) is 0 Å². The Morgan fingerprint density at radius 1 is 0.968 bits per heavy atom. The summed E-state index contributed by atoms with van der Waals surface area (Å²) in [7, 11) is 1.87. The molecular weight excluding hydrogens is 392 g/mol. The molecule has 0 amide bonds. The van der Waals surface area contributed by atoms with Crippen molar-refractivity contribution in [3.63, 3.8) is 0 Å². The molecule has 1 N–H and O–H groups in total. The second-order valence-electron chi connectivity index (χ2n) is 7.99. The lowest BCUT2D eigenvalue weighted by molar-refractivity contribution is 0.0543. The molecule has 0 fully saturated rings. The predicted molar refractivity (Wildman–Crippen MR) is 121 cm³/mol. The molecule has 0 saturated carbocycles. The fourth-order valence-electron chi connectivity index (χ4n) is 3.21. The number of anilines is 1. The second-order valence-corrected chi connectivity index (χ2v) is 7.99. The van der Waals surface area contributed by atoms with Crippen molar-refractivity contribution in [2.75, 3.05) is 12.4 Å². The van der Waals surface area contributed by atoms with Gasteiger partial charge in [-0.2, -0.15) is 0 Å². The molecule has 0 radical (unpaired) electrons. The Labute approximate surface area is 180 Å². The Kier molecular flexibility index (Phi) is 5.33. The summed E-state index contributed by atoms with van der Waals surface area (Å²) >= 11 is 0. The van der Waals surface area contributed by atoms with Crippen LogP contribution in [0.2, 0.25) is 0 Å². The third-order valence-electron chi connectivity index (χ3n) is 4.60. The van der Waals surface area contributed by atoms with Crippen LogP contribution < -0.4 is 10.1 Å². The normalized spacial score (nSPS) is 11.4. The maximum atomic E-state index is 12.6. The van der Waals surface area contributed by atoms with Gasteiger partial charge in [-0.05, 0) is 74.9 Å². The molecule has 0 spiro atoms. The average Bonchev–Trinajstić information content (AvgIpc) is 3.18. The molecule has 7 heteroatoms. The van der Waals surface area contributed by atoms with Gasteiger partial charge in [-0.3, -0.25) is 0 Å². The van der Waals surface area contributed by atoms with Crippen molar-refractivity contribution < 1.29 is 14.3 Å². The van der Waals surface area contributed by atoms with Gasteiger partial charge in [0.2, 0.25) is 5.88 Å². The van der Waals surface area contributed by atoms with Crippen molar-refractivity contribution in [3.8, 4) is 22.8 Å². The summed E-state index contributed by atoms with van der Waals surface area (Å²) in [6, 6.07) is 15.1. The van der Waals surface area contributed by atoms with E-state index in [1.165, 1.54) is 4.57 Å². The molecule has 3 aromatic heterocycles. The number of hydrogen-bond acceptors (Lipinski definition) is 6. The van der Waals surface area contributed by atoms with Crippen molar-refractivity contribution in [2.45, 2.75) is 26.4 Å². The molecule has 158 valence electrons. The highest BCUT2D eigenvalue weighted by atomic mass is 16.6. The van der Waals surface area contributed by atoms with Gasteiger partial charge in [-0.25, -0.2) is 19.3 Å². The lowest BCUT2D eigenvalue weighted by Crippen LogP contribution is -2.26. The van der Waals surface area contributed by atoms with Crippen LogP contribution >= 0.6 is 0 Å². The molecule has 31 heavy (non-hydrogen) atoms. The first-order valence-corrected chi connectivity index (χ1v) is 9.96. The minimum Gasteiger partial charge on any atom is -0.443 e. The number of rotatable bonds is 4. The Morgan fingerprint density at radius 3 is 2.45 bits per heavy atom. The molecule has 4 rings (SSSR count). The predicted octanol–water partition coefficient (Wildman–Crippen LogP) is 5.72. The van der Waals surface area contributed by atoms with E-state index in [2.05, 4.69) is 15.3 Å². The summed E-state index contributed by atoms with van der Waals surface area (Å²) in [5, 5.41) is 3.89. The van der Waals surface area contributed by atoms with Gasteiger partial charge in [0.25, 0.3) is 0 Å². The highest BCUT2D eigenvalue weighted by molar-refractivity contribution is 5.98. The van der Waals surface area contributed by atoms with Crippen molar-refractivity contribution in [1.82, 2.24) is 14.5 Å². The summed E-state index contributed by atoms with van der Waals surface area (Å²) in [6.07, 6.45) is 4.55. The summed E-state index contributed by atoms with van der Waals surface area (Å²) < 4.78 is 13.0. The van der Waals surface area contributed by atoms with E-state index in [9.17, 15) is 4.79 Å². The summed E-state index contributed by atoms with van der Waals surface area (Å²) in [5.41, 5.74) is 2.57. The first-order chi connectivity index (χ1) is 14.9. The number of pyridine rings is 2. The van der Waals surface area contributed by atoms with E-state index >= 15 is 0 Å². The number of nitrogens with zero attached hydrogens (tertiary/aromatic N) is 3. The largest absolute Gasteiger partial charge is 0.443 e. The molecule has 0 bridgehead atoms. The van der Waals surface area contributed by atoms with Gasteiger partial charge in [0.1, 0.15) is 17.0 Å². The number of carbonyl (C=O) groups excluding carboxylic acids is 1. The van der Waals surface area contributed by atoms with E-state index in [1.54, 1.807) is 18.6 Å². The minimum absolute atomic E-state index is 0.470. The van der Waals surface area contributed by atoms with Gasteiger partial charge in [0.05, 0.1) is 0 Å². The molecule has 1 aromatic carbocycles. The number of nitrogens with one attached hydrogen (secondary N) is 1. The van der Waals surface area contributed by atoms with Gasteiger partial charge < -0.3 is 14.8 Å². The van der Waals surface area contributed by atoms with Crippen LogP contribution in [-0.2, 0) is 4.74 Å². The van der Waals surface area contributed by atoms with E-state index in [-0.39, 0.29) is 0 Å². The van der Waals surface area contributed by atoms with Crippen LogP contribution in [0.1, 0.15) is 20.8 Å². The monoisotopic (exact) mass is 416 g/mol. The molecule has 0 saturated heterocycles. The first-order valence-electron chi connectivity index (χ1n) is 9.96. The number of aromatic nitrogens is 3. The van der Waals surface area contributed by atoms with Gasteiger partial charge in [-0.15, -0.1) is 0 Å². The maximum Gasteiger partial charge on any atom is 0.420 e. The van der Waals surface area contributed by atoms with E-state index in [1.807, 2.05) is 76.3 Å². The zero-order valence-electron chi connectivity index (χ0n) is 17.9. The number of benzene rings is 1. The van der Waals surface area contributed by atoms with E-state index in [4.69, 9.17) is 9.47 Å². The third-order valence-corrected chi connectivity index (χ3v) is 4.60. The topological polar surface area (TPSA) is 78.3 Å². The fraction of sp³-hybridized carbons (Fsp3) is 0.208. The molecule has 4 aromatic rings. The highest BCUT2D eigenvalue weighted by Crippen LogP contribution is 2.35. The smallest absolute Gasteiger partial charge is 0.420 e. The Bertz CT molecular complexity index is 1220. The molecule has 0 aliphatic carbocycles. The maximum absolute atomic E-state index is 12.6. The van der Waals surface area contributed by atoms with Crippen molar-refractivity contribution >= 4 is 22.8 Å². The lowest BCUT2D eigenvalue weighted by atomic mass is 10.1. The Balaban J connectivity index is 1.73. The van der Waals surface area contributed by atoms with Gasteiger partial charge in [0, 0.05) is 42.3 Å². The van der Waals surface area contributed by atoms with Crippen molar-refractivity contribution in [1.29, 1.82) is 0 Å². The quantitative estimate of drug-likeness (QED) is 0.459. The Hall–Kier alpha value is -3.87. The molecule has 0 atom stereocenters. The molecular formula is C24H24N4O3. The minimum atomic E-state index is -0.599. The molecule has 3 heterocycles. The molecule has 0 unspecified atom stereocenters.